The molecule has 0 saturated heterocycles. The van der Waals surface area contributed by atoms with Crippen molar-refractivity contribution in [2.24, 2.45) is 0 Å². The van der Waals surface area contributed by atoms with Crippen molar-refractivity contribution in [1.29, 1.82) is 0 Å². The average Bonchev–Trinajstić information content (AvgIpc) is 3.80. The van der Waals surface area contributed by atoms with E-state index in [0.717, 1.165) is 44.5 Å². The third-order valence-corrected chi connectivity index (χ3v) is 11.2. The second kappa shape index (κ2) is 10.1. The average molecular weight is 635 g/mol. The molecule has 0 spiro atoms. The maximum Gasteiger partial charge on any atom is 0.227 e. The maximum absolute atomic E-state index is 6.50. The molecule has 0 amide bonds. The lowest BCUT2D eigenvalue weighted by Crippen LogP contribution is -2.15. The quantitative estimate of drug-likeness (QED) is 0.193. The Kier molecular flexibility index (Phi) is 5.79. The highest BCUT2D eigenvalue weighted by Gasteiger charge is 2.35. The minimum Gasteiger partial charge on any atom is -0.435 e. The third-order valence-electron chi connectivity index (χ3n) is 10.1. The van der Waals surface area contributed by atoms with Gasteiger partial charge < -0.3 is 9.32 Å². The first kappa shape index (κ1) is 27.4. The molecule has 48 heavy (non-hydrogen) atoms. The van der Waals surface area contributed by atoms with Crippen LogP contribution in [0.2, 0.25) is 0 Å². The summed E-state index contributed by atoms with van der Waals surface area (Å²) < 4.78 is 9.10. The highest BCUT2D eigenvalue weighted by Crippen LogP contribution is 2.51. The van der Waals surface area contributed by atoms with Crippen LogP contribution < -0.4 is 4.90 Å². The number of oxazole rings is 1. The maximum atomic E-state index is 6.50. The van der Waals surface area contributed by atoms with Gasteiger partial charge in [-0.3, -0.25) is 0 Å². The van der Waals surface area contributed by atoms with Gasteiger partial charge in [-0.15, -0.1) is 11.3 Å². The van der Waals surface area contributed by atoms with E-state index >= 15 is 0 Å². The predicted molar refractivity (Wildman–Crippen MR) is 202 cm³/mol. The van der Waals surface area contributed by atoms with Gasteiger partial charge in [-0.2, -0.15) is 0 Å². The highest BCUT2D eigenvalue weighted by atomic mass is 32.1. The van der Waals surface area contributed by atoms with Gasteiger partial charge in [0.2, 0.25) is 5.89 Å². The summed E-state index contributed by atoms with van der Waals surface area (Å²) in [6, 6.07) is 52.4. The van der Waals surface area contributed by atoms with Crippen LogP contribution in [-0.4, -0.2) is 4.98 Å². The van der Waals surface area contributed by atoms with Gasteiger partial charge in [-0.1, -0.05) is 92.7 Å². The molecule has 0 unspecified atom stereocenters. The summed E-state index contributed by atoms with van der Waals surface area (Å²) in [6.07, 6.45) is 0. The Morgan fingerprint density at radius 3 is 2.12 bits per heavy atom. The van der Waals surface area contributed by atoms with Gasteiger partial charge in [0.15, 0.2) is 5.58 Å². The molecule has 10 rings (SSSR count). The number of aromatic nitrogens is 1. The minimum atomic E-state index is -0.0545. The lowest BCUT2D eigenvalue weighted by atomic mass is 9.82. The number of hydrogen-bond acceptors (Lipinski definition) is 4. The van der Waals surface area contributed by atoms with Gasteiger partial charge in [0.05, 0.1) is 0 Å². The first-order valence-corrected chi connectivity index (χ1v) is 17.2. The number of fused-ring (bicyclic) bond motifs is 9. The summed E-state index contributed by atoms with van der Waals surface area (Å²) in [5, 5.41) is 4.72. The molecule has 1 aliphatic rings. The van der Waals surface area contributed by atoms with Crippen LogP contribution in [0.25, 0.3) is 64.6 Å². The van der Waals surface area contributed by atoms with E-state index in [1.807, 2.05) is 41.7 Å². The smallest absolute Gasteiger partial charge is 0.227 e. The summed E-state index contributed by atoms with van der Waals surface area (Å²) in [7, 11) is 0. The molecule has 1 aliphatic carbocycles. The van der Waals surface area contributed by atoms with Gasteiger partial charge >= 0.3 is 0 Å². The van der Waals surface area contributed by atoms with Crippen LogP contribution in [0.1, 0.15) is 25.0 Å². The number of hydrogen-bond donors (Lipinski definition) is 0. The van der Waals surface area contributed by atoms with E-state index < -0.39 is 0 Å². The topological polar surface area (TPSA) is 29.3 Å². The predicted octanol–water partition coefficient (Wildman–Crippen LogP) is 12.8. The van der Waals surface area contributed by atoms with E-state index in [1.165, 1.54) is 42.4 Å². The molecule has 2 heterocycles. The van der Waals surface area contributed by atoms with E-state index in [9.17, 15) is 0 Å². The molecule has 0 saturated carbocycles. The molecule has 9 aromatic rings. The second-order valence-electron chi connectivity index (χ2n) is 13.2. The molecule has 0 aliphatic heterocycles. The van der Waals surface area contributed by atoms with Crippen molar-refractivity contribution in [2.45, 2.75) is 19.3 Å². The van der Waals surface area contributed by atoms with Crippen LogP contribution in [0.4, 0.5) is 17.1 Å². The van der Waals surface area contributed by atoms with Crippen LogP contribution >= 0.6 is 11.3 Å². The number of anilines is 3. The fourth-order valence-corrected chi connectivity index (χ4v) is 8.77. The van der Waals surface area contributed by atoms with Crippen LogP contribution in [-0.2, 0) is 5.41 Å². The lowest BCUT2D eigenvalue weighted by molar-refractivity contribution is 0.623. The number of thiophene rings is 1. The number of benzene rings is 7. The van der Waals surface area contributed by atoms with E-state index in [4.69, 9.17) is 9.40 Å². The van der Waals surface area contributed by atoms with Crippen LogP contribution in [0, 0.1) is 0 Å². The number of rotatable bonds is 4. The normalized spacial score (nSPS) is 13.4. The summed E-state index contributed by atoms with van der Waals surface area (Å²) in [4.78, 5) is 7.27. The Morgan fingerprint density at radius 2 is 1.23 bits per heavy atom. The van der Waals surface area contributed by atoms with Crippen molar-refractivity contribution < 1.29 is 4.42 Å². The first-order valence-electron chi connectivity index (χ1n) is 16.4. The van der Waals surface area contributed by atoms with Crippen molar-refractivity contribution >= 4 is 70.4 Å². The Bertz CT molecular complexity index is 2720. The molecule has 2 aromatic heterocycles. The standard InChI is InChI=1S/C44H30N2OS/c1-44(2)37-14-8-6-12-32(37)35-25-30(19-21-38(35)44)46(31-20-23-41-36(26-31)33-13-7-9-15-40(33)48-41)29-18-16-27-17-22-39-42(34(27)24-29)47-43(45-39)28-10-4-3-5-11-28/h3-26H,1-2H3. The molecule has 0 N–H and O–H groups in total. The fourth-order valence-electron chi connectivity index (χ4n) is 7.68. The van der Waals surface area contributed by atoms with Crippen molar-refractivity contribution in [3.05, 3.63) is 157 Å². The minimum absolute atomic E-state index is 0.0545. The molecule has 228 valence electrons. The van der Waals surface area contributed by atoms with Crippen molar-refractivity contribution in [2.75, 3.05) is 4.90 Å². The molecular weight excluding hydrogens is 605 g/mol. The zero-order valence-corrected chi connectivity index (χ0v) is 27.4. The molecule has 0 bridgehead atoms. The van der Waals surface area contributed by atoms with Crippen LogP contribution in [0.5, 0.6) is 0 Å². The Balaban J connectivity index is 1.21. The SMILES string of the molecule is CC1(C)c2ccccc2-c2cc(N(c3ccc4sc5ccccc5c4c3)c3ccc4ccc5nc(-c6ccccc6)oc5c4c3)ccc21. The summed E-state index contributed by atoms with van der Waals surface area (Å²) in [5.41, 5.74) is 11.2. The molecule has 3 nitrogen and oxygen atoms in total. The monoisotopic (exact) mass is 634 g/mol. The van der Waals surface area contributed by atoms with Gasteiger partial charge in [0, 0.05) is 53.6 Å². The first-order chi connectivity index (χ1) is 23.5. The fraction of sp³-hybridized carbons (Fsp3) is 0.0682. The van der Waals surface area contributed by atoms with E-state index in [0.29, 0.717) is 5.89 Å². The molecular formula is C44H30N2OS. The van der Waals surface area contributed by atoms with Gasteiger partial charge in [0.25, 0.3) is 0 Å². The van der Waals surface area contributed by atoms with Crippen molar-refractivity contribution in [3.63, 3.8) is 0 Å². The Hall–Kier alpha value is -5.71. The van der Waals surface area contributed by atoms with Gasteiger partial charge in [0.1, 0.15) is 5.52 Å². The van der Waals surface area contributed by atoms with E-state index in [1.54, 1.807) is 0 Å². The summed E-state index contributed by atoms with van der Waals surface area (Å²) in [5.74, 6) is 0.634. The lowest BCUT2D eigenvalue weighted by Gasteiger charge is -2.27. The number of nitrogens with zero attached hydrogens (tertiary/aromatic N) is 2. The van der Waals surface area contributed by atoms with Crippen LogP contribution in [0.3, 0.4) is 0 Å². The summed E-state index contributed by atoms with van der Waals surface area (Å²) >= 11 is 1.85. The third kappa shape index (κ3) is 4.03. The summed E-state index contributed by atoms with van der Waals surface area (Å²) in [6.45, 7) is 4.67. The largest absolute Gasteiger partial charge is 0.435 e. The molecule has 0 atom stereocenters. The molecule has 0 fully saturated rings. The van der Waals surface area contributed by atoms with Gasteiger partial charge in [-0.25, -0.2) is 4.98 Å². The Morgan fingerprint density at radius 1 is 0.562 bits per heavy atom. The van der Waals surface area contributed by atoms with E-state index in [2.05, 4.69) is 134 Å². The van der Waals surface area contributed by atoms with Crippen LogP contribution in [0.15, 0.2) is 150 Å². The zero-order chi connectivity index (χ0) is 32.0. The van der Waals surface area contributed by atoms with Crippen molar-refractivity contribution in [3.8, 4) is 22.6 Å². The molecule has 0 radical (unpaired) electrons. The highest BCUT2D eigenvalue weighted by molar-refractivity contribution is 7.25. The second-order valence-corrected chi connectivity index (χ2v) is 14.3. The zero-order valence-electron chi connectivity index (χ0n) is 26.6. The Labute approximate surface area is 282 Å². The molecule has 4 heteroatoms. The van der Waals surface area contributed by atoms with Gasteiger partial charge in [-0.05, 0) is 94.4 Å². The molecule has 7 aromatic carbocycles. The van der Waals surface area contributed by atoms with E-state index in [-0.39, 0.29) is 5.41 Å². The van der Waals surface area contributed by atoms with Crippen molar-refractivity contribution in [1.82, 2.24) is 4.98 Å².